The van der Waals surface area contributed by atoms with Crippen LogP contribution in [-0.2, 0) is 0 Å². The highest BCUT2D eigenvalue weighted by atomic mass is 32.2. The molecule has 0 spiro atoms. The van der Waals surface area contributed by atoms with Gasteiger partial charge in [0.1, 0.15) is 5.03 Å². The van der Waals surface area contributed by atoms with E-state index in [1.807, 2.05) is 41.5 Å². The number of carbonyl (C=O) groups is 1. The van der Waals surface area contributed by atoms with Gasteiger partial charge in [0.05, 0.1) is 5.56 Å². The second kappa shape index (κ2) is 8.83. The summed E-state index contributed by atoms with van der Waals surface area (Å²) in [6.45, 7) is 4.25. The predicted octanol–water partition coefficient (Wildman–Crippen LogP) is 3.27. The molecule has 0 unspecified atom stereocenters. The first kappa shape index (κ1) is 17.7. The topological polar surface area (TPSA) is 36.4 Å². The number of hydrogen-bond acceptors (Lipinski definition) is 4. The van der Waals surface area contributed by atoms with Gasteiger partial charge in [-0.1, -0.05) is 42.5 Å². The quantitative estimate of drug-likeness (QED) is 0.773. The van der Waals surface area contributed by atoms with Crippen LogP contribution in [0.15, 0.2) is 59.8 Å². The van der Waals surface area contributed by atoms with Crippen molar-refractivity contribution in [2.45, 2.75) is 5.03 Å². The van der Waals surface area contributed by atoms with Crippen molar-refractivity contribution in [3.8, 4) is 0 Å². The molecule has 1 aliphatic heterocycles. The Hall–Kier alpha value is -2.11. The molecule has 0 aliphatic carbocycles. The lowest BCUT2D eigenvalue weighted by Crippen LogP contribution is -2.48. The maximum atomic E-state index is 12.7. The number of rotatable bonds is 5. The number of pyridine rings is 1. The summed E-state index contributed by atoms with van der Waals surface area (Å²) < 4.78 is 0. The van der Waals surface area contributed by atoms with Crippen molar-refractivity contribution in [2.24, 2.45) is 0 Å². The van der Waals surface area contributed by atoms with Crippen LogP contribution in [0.25, 0.3) is 6.08 Å². The Bertz CT molecular complexity index is 725. The molecule has 25 heavy (non-hydrogen) atoms. The first-order valence-corrected chi connectivity index (χ1v) is 9.72. The van der Waals surface area contributed by atoms with E-state index in [0.29, 0.717) is 5.56 Å². The summed E-state index contributed by atoms with van der Waals surface area (Å²) in [6.07, 6.45) is 8.04. The van der Waals surface area contributed by atoms with Crippen LogP contribution < -0.4 is 0 Å². The van der Waals surface area contributed by atoms with E-state index in [2.05, 4.69) is 34.2 Å². The molecule has 1 aromatic heterocycles. The summed E-state index contributed by atoms with van der Waals surface area (Å²) >= 11 is 1.52. The number of aromatic nitrogens is 1. The van der Waals surface area contributed by atoms with E-state index in [-0.39, 0.29) is 5.91 Å². The third-order valence-electron chi connectivity index (χ3n) is 4.33. The standard InChI is InChI=1S/C20H23N3OS/c1-25-19-18(10-5-11-21-19)20(24)23-15-13-22(14-16-23)12-6-9-17-7-3-2-4-8-17/h2-11H,12-16H2,1H3/b9-6+. The van der Waals surface area contributed by atoms with Crippen LogP contribution in [0, 0.1) is 0 Å². The van der Waals surface area contributed by atoms with E-state index >= 15 is 0 Å². The molecular weight excluding hydrogens is 330 g/mol. The van der Waals surface area contributed by atoms with Gasteiger partial charge in [-0.15, -0.1) is 11.8 Å². The van der Waals surface area contributed by atoms with Gasteiger partial charge in [0, 0.05) is 38.9 Å². The van der Waals surface area contributed by atoms with Crippen LogP contribution in [0.4, 0.5) is 0 Å². The number of amides is 1. The van der Waals surface area contributed by atoms with Crippen LogP contribution in [-0.4, -0.2) is 59.7 Å². The molecule has 5 heteroatoms. The molecule has 1 fully saturated rings. The van der Waals surface area contributed by atoms with E-state index in [1.165, 1.54) is 17.3 Å². The lowest BCUT2D eigenvalue weighted by atomic mass is 10.2. The Kier molecular flexibility index (Phi) is 6.25. The molecule has 2 heterocycles. The van der Waals surface area contributed by atoms with E-state index in [9.17, 15) is 4.79 Å². The van der Waals surface area contributed by atoms with Crippen molar-refractivity contribution in [3.05, 3.63) is 65.9 Å². The van der Waals surface area contributed by atoms with Gasteiger partial charge in [-0.05, 0) is 24.0 Å². The van der Waals surface area contributed by atoms with Crippen molar-refractivity contribution in [1.82, 2.24) is 14.8 Å². The molecule has 0 radical (unpaired) electrons. The summed E-state index contributed by atoms with van der Waals surface area (Å²) in [5, 5.41) is 0.806. The Morgan fingerprint density at radius 3 is 2.60 bits per heavy atom. The summed E-state index contributed by atoms with van der Waals surface area (Å²) in [7, 11) is 0. The zero-order chi connectivity index (χ0) is 17.5. The third-order valence-corrected chi connectivity index (χ3v) is 5.04. The smallest absolute Gasteiger partial charge is 0.256 e. The monoisotopic (exact) mass is 353 g/mol. The van der Waals surface area contributed by atoms with Crippen molar-refractivity contribution in [1.29, 1.82) is 0 Å². The van der Waals surface area contributed by atoms with Crippen LogP contribution in [0.1, 0.15) is 15.9 Å². The minimum Gasteiger partial charge on any atom is -0.336 e. The van der Waals surface area contributed by atoms with Crippen molar-refractivity contribution >= 4 is 23.7 Å². The maximum Gasteiger partial charge on any atom is 0.256 e. The SMILES string of the molecule is CSc1ncccc1C(=O)N1CCN(C/C=C/c2ccccc2)CC1. The van der Waals surface area contributed by atoms with Gasteiger partial charge in [-0.2, -0.15) is 0 Å². The molecule has 1 saturated heterocycles. The average molecular weight is 353 g/mol. The predicted molar refractivity (Wildman–Crippen MR) is 104 cm³/mol. The number of hydrogen-bond donors (Lipinski definition) is 0. The molecule has 1 amide bonds. The third kappa shape index (κ3) is 4.71. The van der Waals surface area contributed by atoms with Crippen LogP contribution >= 0.6 is 11.8 Å². The highest BCUT2D eigenvalue weighted by Crippen LogP contribution is 2.19. The van der Waals surface area contributed by atoms with Gasteiger partial charge in [0.2, 0.25) is 0 Å². The molecule has 130 valence electrons. The Morgan fingerprint density at radius 1 is 1.12 bits per heavy atom. The van der Waals surface area contributed by atoms with Gasteiger partial charge in [-0.3, -0.25) is 9.69 Å². The summed E-state index contributed by atoms with van der Waals surface area (Å²) in [4.78, 5) is 21.3. The lowest BCUT2D eigenvalue weighted by Gasteiger charge is -2.34. The van der Waals surface area contributed by atoms with E-state index in [0.717, 1.165) is 37.7 Å². The largest absolute Gasteiger partial charge is 0.336 e. The molecule has 4 nitrogen and oxygen atoms in total. The Morgan fingerprint density at radius 2 is 1.88 bits per heavy atom. The molecular formula is C20H23N3OS. The number of benzene rings is 1. The number of thioether (sulfide) groups is 1. The van der Waals surface area contributed by atoms with Gasteiger partial charge in [-0.25, -0.2) is 4.98 Å². The van der Waals surface area contributed by atoms with Crippen LogP contribution in [0.5, 0.6) is 0 Å². The number of carbonyl (C=O) groups excluding carboxylic acids is 1. The fourth-order valence-electron chi connectivity index (χ4n) is 2.92. The highest BCUT2D eigenvalue weighted by Gasteiger charge is 2.23. The van der Waals surface area contributed by atoms with Gasteiger partial charge in [0.25, 0.3) is 5.91 Å². The van der Waals surface area contributed by atoms with E-state index < -0.39 is 0 Å². The van der Waals surface area contributed by atoms with E-state index in [4.69, 9.17) is 0 Å². The second-order valence-corrected chi connectivity index (χ2v) is 6.76. The van der Waals surface area contributed by atoms with Crippen molar-refractivity contribution in [2.75, 3.05) is 39.0 Å². The average Bonchev–Trinajstić information content (AvgIpc) is 2.69. The zero-order valence-electron chi connectivity index (χ0n) is 14.5. The Labute approximate surface area is 153 Å². The first-order chi connectivity index (χ1) is 12.3. The van der Waals surface area contributed by atoms with Crippen LogP contribution in [0.3, 0.4) is 0 Å². The maximum absolute atomic E-state index is 12.7. The molecule has 1 aromatic carbocycles. The van der Waals surface area contributed by atoms with Gasteiger partial charge >= 0.3 is 0 Å². The molecule has 0 saturated carbocycles. The fraction of sp³-hybridized carbons (Fsp3) is 0.300. The minimum absolute atomic E-state index is 0.0944. The van der Waals surface area contributed by atoms with Crippen molar-refractivity contribution in [3.63, 3.8) is 0 Å². The first-order valence-electron chi connectivity index (χ1n) is 8.50. The normalized spacial score (nSPS) is 15.6. The zero-order valence-corrected chi connectivity index (χ0v) is 15.3. The molecule has 3 rings (SSSR count). The molecule has 2 aromatic rings. The molecule has 0 N–H and O–H groups in total. The Balaban J connectivity index is 1.51. The van der Waals surface area contributed by atoms with Crippen LogP contribution in [0.2, 0.25) is 0 Å². The fourth-order valence-corrected chi connectivity index (χ4v) is 3.46. The molecule has 0 bridgehead atoms. The van der Waals surface area contributed by atoms with Gasteiger partial charge in [0.15, 0.2) is 0 Å². The number of nitrogens with zero attached hydrogens (tertiary/aromatic N) is 3. The molecule has 0 atom stereocenters. The second-order valence-electron chi connectivity index (χ2n) is 5.97. The summed E-state index contributed by atoms with van der Waals surface area (Å²) in [5.74, 6) is 0.0944. The summed E-state index contributed by atoms with van der Waals surface area (Å²) in [5.41, 5.74) is 1.94. The van der Waals surface area contributed by atoms with Crippen molar-refractivity contribution < 1.29 is 4.79 Å². The molecule has 1 aliphatic rings. The minimum atomic E-state index is 0.0944. The van der Waals surface area contributed by atoms with E-state index in [1.54, 1.807) is 6.20 Å². The lowest BCUT2D eigenvalue weighted by molar-refractivity contribution is 0.0646. The summed E-state index contributed by atoms with van der Waals surface area (Å²) in [6, 6.07) is 14.0. The number of piperazine rings is 1. The highest BCUT2D eigenvalue weighted by molar-refractivity contribution is 7.98. The van der Waals surface area contributed by atoms with Gasteiger partial charge < -0.3 is 4.90 Å².